The summed E-state index contributed by atoms with van der Waals surface area (Å²) in [5, 5.41) is 0. The fourth-order valence-corrected chi connectivity index (χ4v) is 3.03. The Morgan fingerprint density at radius 1 is 1.30 bits per heavy atom. The Labute approximate surface area is 120 Å². The van der Waals surface area contributed by atoms with Gasteiger partial charge in [0, 0.05) is 12.1 Å². The molecule has 1 N–H and O–H groups in total. The molecule has 0 atom stereocenters. The van der Waals surface area contributed by atoms with Crippen LogP contribution >= 0.6 is 0 Å². The number of carbonyl (C=O) groups is 1. The monoisotopic (exact) mass is 299 g/mol. The summed E-state index contributed by atoms with van der Waals surface area (Å²) in [5.74, 6) is 0.0491. The molecule has 0 saturated carbocycles. The van der Waals surface area contributed by atoms with Crippen molar-refractivity contribution in [1.82, 2.24) is 4.72 Å². The second-order valence-electron chi connectivity index (χ2n) is 4.53. The third kappa shape index (κ3) is 4.31. The third-order valence-electron chi connectivity index (χ3n) is 2.93. The van der Waals surface area contributed by atoms with Crippen LogP contribution in [0.1, 0.15) is 43.5 Å². The van der Waals surface area contributed by atoms with Gasteiger partial charge in [-0.3, -0.25) is 4.79 Å². The lowest BCUT2D eigenvalue weighted by molar-refractivity contribution is 0.101. The number of carbonyl (C=O) groups excluding carboxylic acids is 1. The van der Waals surface area contributed by atoms with Crippen LogP contribution in [0.5, 0.6) is 5.75 Å². The van der Waals surface area contributed by atoms with E-state index in [1.807, 2.05) is 6.92 Å². The Morgan fingerprint density at radius 2 is 2.00 bits per heavy atom. The van der Waals surface area contributed by atoms with Crippen molar-refractivity contribution >= 4 is 15.8 Å². The van der Waals surface area contributed by atoms with E-state index in [2.05, 4.69) is 4.72 Å². The minimum Gasteiger partial charge on any atom is -0.495 e. The SMILES string of the molecule is CCCCCNS(=O)(=O)c1cc(C(C)=O)ccc1OC. The Morgan fingerprint density at radius 3 is 2.55 bits per heavy atom. The van der Waals surface area contributed by atoms with E-state index >= 15 is 0 Å². The highest BCUT2D eigenvalue weighted by Gasteiger charge is 2.20. The first kappa shape index (κ1) is 16.7. The molecule has 0 bridgehead atoms. The summed E-state index contributed by atoms with van der Waals surface area (Å²) in [5.41, 5.74) is 0.347. The minimum absolute atomic E-state index is 0.00389. The molecule has 0 aliphatic heterocycles. The summed E-state index contributed by atoms with van der Waals surface area (Å²) < 4.78 is 32.1. The van der Waals surface area contributed by atoms with E-state index in [9.17, 15) is 13.2 Å². The zero-order valence-corrected chi connectivity index (χ0v) is 12.9. The number of unbranched alkanes of at least 4 members (excludes halogenated alkanes) is 2. The van der Waals surface area contributed by atoms with E-state index in [-0.39, 0.29) is 16.4 Å². The fraction of sp³-hybridized carbons (Fsp3) is 0.500. The largest absolute Gasteiger partial charge is 0.495 e. The first-order valence-corrected chi connectivity index (χ1v) is 8.09. The summed E-state index contributed by atoms with van der Waals surface area (Å²) in [4.78, 5) is 11.4. The Hall–Kier alpha value is -1.40. The van der Waals surface area contributed by atoms with Crippen molar-refractivity contribution in [3.05, 3.63) is 23.8 Å². The summed E-state index contributed by atoms with van der Waals surface area (Å²) >= 11 is 0. The lowest BCUT2D eigenvalue weighted by Gasteiger charge is -2.11. The first-order chi connectivity index (χ1) is 9.42. The van der Waals surface area contributed by atoms with Gasteiger partial charge in [-0.25, -0.2) is 13.1 Å². The molecule has 1 aromatic rings. The molecule has 0 spiro atoms. The van der Waals surface area contributed by atoms with E-state index in [0.29, 0.717) is 12.1 Å². The van der Waals surface area contributed by atoms with E-state index in [1.165, 1.54) is 26.2 Å². The van der Waals surface area contributed by atoms with E-state index in [4.69, 9.17) is 4.74 Å². The molecule has 6 heteroatoms. The Kier molecular flexibility index (Phi) is 6.16. The van der Waals surface area contributed by atoms with Gasteiger partial charge in [0.25, 0.3) is 0 Å². The minimum atomic E-state index is -3.67. The molecular weight excluding hydrogens is 278 g/mol. The smallest absolute Gasteiger partial charge is 0.244 e. The van der Waals surface area contributed by atoms with Crippen molar-refractivity contribution in [3.63, 3.8) is 0 Å². The van der Waals surface area contributed by atoms with Crippen LogP contribution in [-0.2, 0) is 10.0 Å². The normalized spacial score (nSPS) is 11.3. The van der Waals surface area contributed by atoms with Crippen LogP contribution in [0.2, 0.25) is 0 Å². The van der Waals surface area contributed by atoms with Gasteiger partial charge in [0.15, 0.2) is 5.78 Å². The predicted octanol–water partition coefficient (Wildman–Crippen LogP) is 2.37. The molecule has 0 fully saturated rings. The third-order valence-corrected chi connectivity index (χ3v) is 4.41. The van der Waals surface area contributed by atoms with Crippen LogP contribution in [0, 0.1) is 0 Å². The molecular formula is C14H21NO4S. The number of hydrogen-bond donors (Lipinski definition) is 1. The van der Waals surface area contributed by atoms with E-state index in [1.54, 1.807) is 6.07 Å². The second-order valence-corrected chi connectivity index (χ2v) is 6.26. The van der Waals surface area contributed by atoms with Crippen LogP contribution in [0.15, 0.2) is 23.1 Å². The maximum atomic E-state index is 12.2. The molecule has 0 heterocycles. The van der Waals surface area contributed by atoms with Gasteiger partial charge in [0.2, 0.25) is 10.0 Å². The molecule has 0 amide bonds. The molecule has 0 saturated heterocycles. The predicted molar refractivity (Wildman–Crippen MR) is 77.7 cm³/mol. The van der Waals surface area contributed by atoms with Gasteiger partial charge in [-0.15, -0.1) is 0 Å². The van der Waals surface area contributed by atoms with Gasteiger partial charge in [-0.2, -0.15) is 0 Å². The highest BCUT2D eigenvalue weighted by Crippen LogP contribution is 2.25. The molecule has 112 valence electrons. The number of hydrogen-bond acceptors (Lipinski definition) is 4. The lowest BCUT2D eigenvalue weighted by atomic mass is 10.1. The van der Waals surface area contributed by atoms with Crippen molar-refractivity contribution in [3.8, 4) is 5.75 Å². The molecule has 0 radical (unpaired) electrons. The van der Waals surface area contributed by atoms with Gasteiger partial charge < -0.3 is 4.74 Å². The average Bonchev–Trinajstić information content (AvgIpc) is 2.42. The number of nitrogens with one attached hydrogen (secondary N) is 1. The van der Waals surface area contributed by atoms with Gasteiger partial charge >= 0.3 is 0 Å². The zero-order chi connectivity index (χ0) is 15.2. The molecule has 1 aromatic carbocycles. The fourth-order valence-electron chi connectivity index (χ4n) is 1.76. The van der Waals surface area contributed by atoms with E-state index < -0.39 is 10.0 Å². The number of ether oxygens (including phenoxy) is 1. The Balaban J connectivity index is 3.02. The molecule has 0 aliphatic rings. The molecule has 5 nitrogen and oxygen atoms in total. The van der Waals surface area contributed by atoms with Crippen LogP contribution in [0.3, 0.4) is 0 Å². The van der Waals surface area contributed by atoms with Crippen LogP contribution in [-0.4, -0.2) is 27.9 Å². The molecule has 0 aliphatic carbocycles. The number of methoxy groups -OCH3 is 1. The van der Waals surface area contributed by atoms with Crippen molar-refractivity contribution < 1.29 is 17.9 Å². The second kappa shape index (κ2) is 7.40. The Bertz CT molecular complexity index is 567. The first-order valence-electron chi connectivity index (χ1n) is 6.61. The maximum Gasteiger partial charge on any atom is 0.244 e. The molecule has 0 aromatic heterocycles. The van der Waals surface area contributed by atoms with E-state index in [0.717, 1.165) is 19.3 Å². The average molecular weight is 299 g/mol. The topological polar surface area (TPSA) is 72.5 Å². The van der Waals surface area contributed by atoms with Crippen molar-refractivity contribution in [1.29, 1.82) is 0 Å². The van der Waals surface area contributed by atoms with Crippen molar-refractivity contribution in [2.75, 3.05) is 13.7 Å². The number of rotatable bonds is 8. The number of ketones is 1. The van der Waals surface area contributed by atoms with Gasteiger partial charge in [0.05, 0.1) is 7.11 Å². The van der Waals surface area contributed by atoms with Crippen molar-refractivity contribution in [2.24, 2.45) is 0 Å². The number of benzene rings is 1. The highest BCUT2D eigenvalue weighted by atomic mass is 32.2. The summed E-state index contributed by atoms with van der Waals surface area (Å²) in [6, 6.07) is 4.40. The number of sulfonamides is 1. The molecule has 1 rings (SSSR count). The van der Waals surface area contributed by atoms with Gasteiger partial charge in [-0.1, -0.05) is 19.8 Å². The molecule has 20 heavy (non-hydrogen) atoms. The summed E-state index contributed by atoms with van der Waals surface area (Å²) in [6.45, 7) is 3.82. The zero-order valence-electron chi connectivity index (χ0n) is 12.1. The van der Waals surface area contributed by atoms with Gasteiger partial charge in [-0.05, 0) is 31.5 Å². The van der Waals surface area contributed by atoms with Crippen LogP contribution in [0.25, 0.3) is 0 Å². The van der Waals surface area contributed by atoms with Crippen LogP contribution < -0.4 is 9.46 Å². The quantitative estimate of drug-likeness (QED) is 0.591. The van der Waals surface area contributed by atoms with Crippen LogP contribution in [0.4, 0.5) is 0 Å². The number of Topliss-reactive ketones (excluding diaryl/α,β-unsaturated/α-hetero) is 1. The van der Waals surface area contributed by atoms with Crippen molar-refractivity contribution in [2.45, 2.75) is 38.0 Å². The summed E-state index contributed by atoms with van der Waals surface area (Å²) in [6.07, 6.45) is 2.77. The highest BCUT2D eigenvalue weighted by molar-refractivity contribution is 7.89. The molecule has 0 unspecified atom stereocenters. The maximum absolute atomic E-state index is 12.2. The lowest BCUT2D eigenvalue weighted by Crippen LogP contribution is -2.25. The summed E-state index contributed by atoms with van der Waals surface area (Å²) in [7, 11) is -2.27. The van der Waals surface area contributed by atoms with Gasteiger partial charge in [0.1, 0.15) is 10.6 Å². The standard InChI is InChI=1S/C14H21NO4S/c1-4-5-6-9-15-20(17,18)14-10-12(11(2)16)7-8-13(14)19-3/h7-8,10,15H,4-6,9H2,1-3H3.